The molecule has 3 heteroatoms. The summed E-state index contributed by atoms with van der Waals surface area (Å²) in [4.78, 5) is 11.9. The number of amides is 1. The third-order valence-corrected chi connectivity index (χ3v) is 4.55. The van der Waals surface area contributed by atoms with Gasteiger partial charge >= 0.3 is 0 Å². The topological polar surface area (TPSA) is 41.1 Å². The van der Waals surface area contributed by atoms with Crippen LogP contribution in [0.3, 0.4) is 0 Å². The van der Waals surface area contributed by atoms with Crippen LogP contribution >= 0.6 is 0 Å². The van der Waals surface area contributed by atoms with Crippen LogP contribution < -0.4 is 10.6 Å². The van der Waals surface area contributed by atoms with Crippen molar-refractivity contribution in [1.82, 2.24) is 5.32 Å². The molecule has 3 rings (SSSR count). The Labute approximate surface area is 121 Å². The van der Waals surface area contributed by atoms with Crippen LogP contribution in [0.15, 0.2) is 24.3 Å². The van der Waals surface area contributed by atoms with Gasteiger partial charge < -0.3 is 10.6 Å². The summed E-state index contributed by atoms with van der Waals surface area (Å²) in [6.45, 7) is 2.28. The second-order valence-corrected chi connectivity index (χ2v) is 6.25. The van der Waals surface area contributed by atoms with E-state index in [4.69, 9.17) is 0 Å². The molecule has 0 spiro atoms. The van der Waals surface area contributed by atoms with E-state index in [0.29, 0.717) is 12.1 Å². The molecule has 1 aromatic carbocycles. The number of benzene rings is 1. The second kappa shape index (κ2) is 5.86. The highest BCUT2D eigenvalue weighted by atomic mass is 16.1. The molecule has 20 heavy (non-hydrogen) atoms. The summed E-state index contributed by atoms with van der Waals surface area (Å²) in [6.07, 6.45) is 7.44. The lowest BCUT2D eigenvalue weighted by Gasteiger charge is -2.14. The normalized spacial score (nSPS) is 25.4. The van der Waals surface area contributed by atoms with E-state index in [9.17, 15) is 4.79 Å². The first-order chi connectivity index (χ1) is 9.74. The fourth-order valence-corrected chi connectivity index (χ4v) is 3.03. The highest BCUT2D eigenvalue weighted by Crippen LogP contribution is 2.30. The molecule has 2 fully saturated rings. The van der Waals surface area contributed by atoms with E-state index >= 15 is 0 Å². The summed E-state index contributed by atoms with van der Waals surface area (Å²) < 4.78 is 0. The smallest absolute Gasteiger partial charge is 0.251 e. The molecule has 0 aliphatic heterocycles. The molecule has 108 valence electrons. The van der Waals surface area contributed by atoms with Gasteiger partial charge in [0.2, 0.25) is 0 Å². The zero-order valence-electron chi connectivity index (χ0n) is 12.2. The Balaban J connectivity index is 1.54. The van der Waals surface area contributed by atoms with E-state index in [0.717, 1.165) is 30.0 Å². The molecular weight excluding hydrogens is 248 g/mol. The monoisotopic (exact) mass is 272 g/mol. The number of nitrogens with one attached hydrogen (secondary N) is 2. The molecule has 0 bridgehead atoms. The van der Waals surface area contributed by atoms with Gasteiger partial charge in [0.1, 0.15) is 0 Å². The lowest BCUT2D eigenvalue weighted by Crippen LogP contribution is -2.25. The first-order valence-electron chi connectivity index (χ1n) is 7.92. The Morgan fingerprint density at radius 1 is 1.10 bits per heavy atom. The molecule has 2 atom stereocenters. The molecule has 0 radical (unpaired) electrons. The Bertz CT molecular complexity index is 464. The molecule has 1 aromatic rings. The van der Waals surface area contributed by atoms with Crippen molar-refractivity contribution in [2.45, 2.75) is 57.5 Å². The molecule has 2 N–H and O–H groups in total. The van der Waals surface area contributed by atoms with Gasteiger partial charge in [-0.25, -0.2) is 0 Å². The van der Waals surface area contributed by atoms with E-state index < -0.39 is 0 Å². The zero-order chi connectivity index (χ0) is 13.9. The van der Waals surface area contributed by atoms with E-state index in [-0.39, 0.29) is 5.91 Å². The highest BCUT2D eigenvalue weighted by molar-refractivity contribution is 5.94. The Kier molecular flexibility index (Phi) is 3.95. The first kappa shape index (κ1) is 13.5. The molecular formula is C17H24N2O. The molecule has 2 aliphatic rings. The quantitative estimate of drug-likeness (QED) is 0.860. The van der Waals surface area contributed by atoms with Crippen LogP contribution in [0, 0.1) is 5.92 Å². The predicted octanol–water partition coefficient (Wildman–Crippen LogP) is 3.57. The van der Waals surface area contributed by atoms with Crippen molar-refractivity contribution in [1.29, 1.82) is 0 Å². The van der Waals surface area contributed by atoms with Crippen molar-refractivity contribution in [2.75, 3.05) is 5.32 Å². The van der Waals surface area contributed by atoms with Gasteiger partial charge in [-0.05, 0) is 62.3 Å². The Hall–Kier alpha value is -1.51. The minimum Gasteiger partial charge on any atom is -0.382 e. The maximum atomic E-state index is 11.9. The van der Waals surface area contributed by atoms with E-state index in [1.165, 1.54) is 25.7 Å². The van der Waals surface area contributed by atoms with Gasteiger partial charge in [-0.2, -0.15) is 0 Å². The maximum Gasteiger partial charge on any atom is 0.251 e. The minimum atomic E-state index is 0.0611. The number of rotatable bonds is 5. The number of anilines is 1. The van der Waals surface area contributed by atoms with Crippen molar-refractivity contribution >= 4 is 11.6 Å². The molecule has 2 saturated carbocycles. The first-order valence-corrected chi connectivity index (χ1v) is 7.92. The van der Waals surface area contributed by atoms with Crippen LogP contribution in [-0.4, -0.2) is 18.0 Å². The Morgan fingerprint density at radius 2 is 1.80 bits per heavy atom. The van der Waals surface area contributed by atoms with Gasteiger partial charge in [0, 0.05) is 23.3 Å². The molecule has 0 saturated heterocycles. The molecule has 2 aliphatic carbocycles. The average Bonchev–Trinajstić information content (AvgIpc) is 3.16. The van der Waals surface area contributed by atoms with Crippen LogP contribution in [0.1, 0.15) is 55.8 Å². The average molecular weight is 272 g/mol. The summed E-state index contributed by atoms with van der Waals surface area (Å²) in [5.41, 5.74) is 1.90. The summed E-state index contributed by atoms with van der Waals surface area (Å²) in [5.74, 6) is 0.946. The molecule has 3 nitrogen and oxygen atoms in total. The van der Waals surface area contributed by atoms with Crippen LogP contribution in [0.5, 0.6) is 0 Å². The Morgan fingerprint density at radius 3 is 2.40 bits per heavy atom. The van der Waals surface area contributed by atoms with Gasteiger partial charge in [0.15, 0.2) is 0 Å². The summed E-state index contributed by atoms with van der Waals surface area (Å²) >= 11 is 0. The highest BCUT2D eigenvalue weighted by Gasteiger charge is 2.24. The van der Waals surface area contributed by atoms with E-state index in [1.807, 2.05) is 24.3 Å². The van der Waals surface area contributed by atoms with Crippen molar-refractivity contribution in [2.24, 2.45) is 5.92 Å². The molecule has 2 unspecified atom stereocenters. The van der Waals surface area contributed by atoms with Gasteiger partial charge in [-0.1, -0.05) is 13.3 Å². The summed E-state index contributed by atoms with van der Waals surface area (Å²) in [5, 5.41) is 6.61. The summed E-state index contributed by atoms with van der Waals surface area (Å²) in [7, 11) is 0. The third-order valence-electron chi connectivity index (χ3n) is 4.55. The van der Waals surface area contributed by atoms with Gasteiger partial charge in [0.05, 0.1) is 0 Å². The van der Waals surface area contributed by atoms with Crippen LogP contribution in [-0.2, 0) is 0 Å². The number of carbonyl (C=O) groups is 1. The molecule has 0 heterocycles. The number of carbonyl (C=O) groups excluding carboxylic acids is 1. The van der Waals surface area contributed by atoms with Gasteiger partial charge in [-0.15, -0.1) is 0 Å². The van der Waals surface area contributed by atoms with Crippen LogP contribution in [0.25, 0.3) is 0 Å². The third kappa shape index (κ3) is 3.33. The lowest BCUT2D eigenvalue weighted by atomic mass is 10.1. The zero-order valence-corrected chi connectivity index (χ0v) is 12.2. The van der Waals surface area contributed by atoms with Gasteiger partial charge in [0.25, 0.3) is 5.91 Å². The SMILES string of the molecule is CCC1CCC(Nc2ccc(C(=O)NC3CC3)cc2)C1. The van der Waals surface area contributed by atoms with Crippen molar-refractivity contribution in [3.05, 3.63) is 29.8 Å². The number of hydrogen-bond donors (Lipinski definition) is 2. The van der Waals surface area contributed by atoms with Crippen molar-refractivity contribution < 1.29 is 4.79 Å². The van der Waals surface area contributed by atoms with E-state index in [1.54, 1.807) is 0 Å². The van der Waals surface area contributed by atoms with Crippen LogP contribution in [0.4, 0.5) is 5.69 Å². The fraction of sp³-hybridized carbons (Fsp3) is 0.588. The summed E-state index contributed by atoms with van der Waals surface area (Å²) in [6, 6.07) is 8.93. The van der Waals surface area contributed by atoms with E-state index in [2.05, 4.69) is 17.6 Å². The standard InChI is InChI=1S/C17H24N2O/c1-2-12-3-6-16(11-12)18-14-7-4-13(5-8-14)17(20)19-15-9-10-15/h4-5,7-8,12,15-16,18H,2-3,6,9-11H2,1H3,(H,19,20). The van der Waals surface area contributed by atoms with Crippen molar-refractivity contribution in [3.8, 4) is 0 Å². The van der Waals surface area contributed by atoms with Crippen molar-refractivity contribution in [3.63, 3.8) is 0 Å². The molecule has 0 aromatic heterocycles. The molecule has 1 amide bonds. The largest absolute Gasteiger partial charge is 0.382 e. The lowest BCUT2D eigenvalue weighted by molar-refractivity contribution is 0.0951. The minimum absolute atomic E-state index is 0.0611. The maximum absolute atomic E-state index is 11.9. The van der Waals surface area contributed by atoms with Crippen LogP contribution in [0.2, 0.25) is 0 Å². The fourth-order valence-electron chi connectivity index (χ4n) is 3.03. The predicted molar refractivity (Wildman–Crippen MR) is 82.0 cm³/mol. The van der Waals surface area contributed by atoms with Gasteiger partial charge in [-0.3, -0.25) is 4.79 Å². The number of hydrogen-bond acceptors (Lipinski definition) is 2. The second-order valence-electron chi connectivity index (χ2n) is 6.25.